The van der Waals surface area contributed by atoms with Crippen molar-refractivity contribution in [3.8, 4) is 0 Å². The van der Waals surface area contributed by atoms with Gasteiger partial charge in [0.15, 0.2) is 0 Å². The quantitative estimate of drug-likeness (QED) is 0.566. The predicted molar refractivity (Wildman–Crippen MR) is 120 cm³/mol. The van der Waals surface area contributed by atoms with Gasteiger partial charge in [-0.1, -0.05) is 66.8 Å². The molecule has 6 rings (SSSR count). The lowest BCUT2D eigenvalue weighted by molar-refractivity contribution is 0.00578. The number of hydrogen-bond acceptors (Lipinski definition) is 2. The summed E-state index contributed by atoms with van der Waals surface area (Å²) in [5.41, 5.74) is 6.12. The second kappa shape index (κ2) is 5.62. The zero-order valence-electron chi connectivity index (χ0n) is 17.4. The summed E-state index contributed by atoms with van der Waals surface area (Å²) < 4.78 is 12.9. The molecule has 2 unspecified atom stereocenters. The lowest BCUT2D eigenvalue weighted by Crippen LogP contribution is -2.41. The Morgan fingerprint density at radius 2 is 1.41 bits per heavy atom. The topological polar surface area (TPSA) is 18.5 Å². The molecule has 144 valence electrons. The molecule has 0 saturated carbocycles. The lowest BCUT2D eigenvalue weighted by Gasteiger charge is -2.40. The van der Waals surface area contributed by atoms with Gasteiger partial charge < -0.3 is 9.31 Å². The van der Waals surface area contributed by atoms with Gasteiger partial charge >= 0.3 is 7.12 Å². The second-order valence-corrected chi connectivity index (χ2v) is 9.60. The monoisotopic (exact) mass is 380 g/mol. The summed E-state index contributed by atoms with van der Waals surface area (Å²) in [6, 6.07) is 13.3. The molecule has 29 heavy (non-hydrogen) atoms. The van der Waals surface area contributed by atoms with Crippen molar-refractivity contribution >= 4 is 29.0 Å². The number of allylic oxidation sites excluding steroid dienone is 8. The first-order valence-electron chi connectivity index (χ1n) is 10.6. The first-order valence-corrected chi connectivity index (χ1v) is 10.6. The highest BCUT2D eigenvalue weighted by atomic mass is 16.7. The van der Waals surface area contributed by atoms with Crippen molar-refractivity contribution in [2.24, 2.45) is 11.8 Å². The van der Waals surface area contributed by atoms with E-state index in [-0.39, 0.29) is 24.2 Å². The minimum absolute atomic E-state index is 0.258. The Morgan fingerprint density at radius 1 is 0.793 bits per heavy atom. The average molecular weight is 380 g/mol. The van der Waals surface area contributed by atoms with E-state index in [0.29, 0.717) is 5.92 Å². The number of fused-ring (bicyclic) bond motifs is 2. The normalized spacial score (nSPS) is 28.0. The molecule has 0 radical (unpaired) electrons. The highest BCUT2D eigenvalue weighted by Crippen LogP contribution is 2.54. The van der Waals surface area contributed by atoms with Crippen LogP contribution in [0.1, 0.15) is 38.8 Å². The predicted octanol–water partition coefficient (Wildman–Crippen LogP) is 5.99. The van der Waals surface area contributed by atoms with Gasteiger partial charge in [-0.3, -0.25) is 0 Å². The van der Waals surface area contributed by atoms with E-state index < -0.39 is 0 Å². The highest BCUT2D eigenvalue weighted by molar-refractivity contribution is 6.55. The molecule has 0 spiro atoms. The second-order valence-electron chi connectivity index (χ2n) is 9.60. The van der Waals surface area contributed by atoms with E-state index in [1.807, 2.05) is 0 Å². The van der Waals surface area contributed by atoms with Crippen molar-refractivity contribution in [1.29, 1.82) is 0 Å². The van der Waals surface area contributed by atoms with Gasteiger partial charge in [0.25, 0.3) is 0 Å². The van der Waals surface area contributed by atoms with Gasteiger partial charge in [-0.15, -0.1) is 0 Å². The van der Waals surface area contributed by atoms with Crippen LogP contribution in [0.5, 0.6) is 0 Å². The van der Waals surface area contributed by atoms with Crippen LogP contribution in [0.15, 0.2) is 72.3 Å². The standard InChI is InChI=1S/C26H25BO2/c1-25(2)26(3,4)29-27(28-25)22-15-14-20-18-11-6-9-16-8-5-10-17(23(16)18)19-12-7-13-21(22)24(19)20/h5-15,21,24H,1-4H3. The molecule has 1 fully saturated rings. The molecule has 3 heteroatoms. The Bertz CT molecular complexity index is 1160. The minimum Gasteiger partial charge on any atom is -0.400 e. The fourth-order valence-corrected chi connectivity index (χ4v) is 5.30. The molecule has 2 aromatic rings. The summed E-state index contributed by atoms with van der Waals surface area (Å²) in [5.74, 6) is 0.577. The van der Waals surface area contributed by atoms with Gasteiger partial charge in [-0.25, -0.2) is 0 Å². The molecule has 2 nitrogen and oxygen atoms in total. The van der Waals surface area contributed by atoms with Crippen LogP contribution in [0.4, 0.5) is 0 Å². The minimum atomic E-state index is -0.329. The maximum absolute atomic E-state index is 6.43. The molecule has 1 heterocycles. The van der Waals surface area contributed by atoms with E-state index in [1.54, 1.807) is 0 Å². The van der Waals surface area contributed by atoms with Gasteiger partial charge in [0.05, 0.1) is 11.2 Å². The third-order valence-electron chi connectivity index (χ3n) is 7.52. The lowest BCUT2D eigenvalue weighted by atomic mass is 9.57. The van der Waals surface area contributed by atoms with Crippen molar-refractivity contribution in [2.75, 3.05) is 0 Å². The van der Waals surface area contributed by atoms with E-state index in [4.69, 9.17) is 9.31 Å². The summed E-state index contributed by atoms with van der Waals surface area (Å²) in [6.45, 7) is 8.49. The van der Waals surface area contributed by atoms with Crippen LogP contribution in [-0.4, -0.2) is 18.3 Å². The third kappa shape index (κ3) is 2.26. The van der Waals surface area contributed by atoms with Crippen molar-refractivity contribution in [3.05, 3.63) is 83.4 Å². The number of rotatable bonds is 1. The van der Waals surface area contributed by atoms with Gasteiger partial charge in [0, 0.05) is 11.8 Å². The van der Waals surface area contributed by atoms with Crippen molar-refractivity contribution in [3.63, 3.8) is 0 Å². The first-order chi connectivity index (χ1) is 13.9. The van der Waals surface area contributed by atoms with Crippen molar-refractivity contribution in [1.82, 2.24) is 0 Å². The van der Waals surface area contributed by atoms with Crippen LogP contribution in [0.25, 0.3) is 21.9 Å². The van der Waals surface area contributed by atoms with E-state index >= 15 is 0 Å². The molecule has 0 N–H and O–H groups in total. The zero-order chi connectivity index (χ0) is 20.0. The van der Waals surface area contributed by atoms with Gasteiger partial charge in [-0.05, 0) is 66.2 Å². The summed E-state index contributed by atoms with van der Waals surface area (Å²) in [7, 11) is -0.306. The number of benzene rings is 2. The smallest absolute Gasteiger partial charge is 0.400 e. The fourth-order valence-electron chi connectivity index (χ4n) is 5.30. The molecular weight excluding hydrogens is 355 g/mol. The van der Waals surface area contributed by atoms with Crippen LogP contribution in [0.2, 0.25) is 0 Å². The average Bonchev–Trinajstić information content (AvgIpc) is 2.92. The van der Waals surface area contributed by atoms with Crippen LogP contribution in [0.3, 0.4) is 0 Å². The SMILES string of the molecule is CC1(C)OB(C2=CC=C3c4cccc5cccc(c45)C4=CC=CC2C43)OC1(C)C. The van der Waals surface area contributed by atoms with E-state index in [0.717, 1.165) is 0 Å². The molecular formula is C26H25BO2. The molecule has 2 aromatic carbocycles. The molecule has 0 amide bonds. The van der Waals surface area contributed by atoms with Crippen LogP contribution in [0, 0.1) is 11.8 Å². The Balaban J connectivity index is 1.53. The van der Waals surface area contributed by atoms with Gasteiger partial charge in [0.2, 0.25) is 0 Å². The fraction of sp³-hybridized carbons (Fsp3) is 0.308. The van der Waals surface area contributed by atoms with Crippen molar-refractivity contribution < 1.29 is 9.31 Å². The van der Waals surface area contributed by atoms with Crippen LogP contribution in [-0.2, 0) is 9.31 Å². The van der Waals surface area contributed by atoms with Crippen LogP contribution < -0.4 is 0 Å². The molecule has 1 saturated heterocycles. The van der Waals surface area contributed by atoms with E-state index in [1.165, 1.54) is 38.5 Å². The first kappa shape index (κ1) is 17.5. The van der Waals surface area contributed by atoms with Gasteiger partial charge in [-0.2, -0.15) is 0 Å². The van der Waals surface area contributed by atoms with Crippen molar-refractivity contribution in [2.45, 2.75) is 38.9 Å². The third-order valence-corrected chi connectivity index (χ3v) is 7.52. The Morgan fingerprint density at radius 3 is 2.07 bits per heavy atom. The summed E-state index contributed by atoms with van der Waals surface area (Å²) in [5, 5.41) is 2.69. The Labute approximate surface area is 172 Å². The summed E-state index contributed by atoms with van der Waals surface area (Å²) in [4.78, 5) is 0. The maximum atomic E-state index is 6.43. The molecule has 3 aliphatic carbocycles. The Kier molecular flexibility index (Phi) is 3.39. The molecule has 1 aliphatic heterocycles. The molecule has 4 aliphatic rings. The summed E-state index contributed by atoms with van der Waals surface area (Å²) >= 11 is 0. The maximum Gasteiger partial charge on any atom is 0.491 e. The van der Waals surface area contributed by atoms with Gasteiger partial charge in [0.1, 0.15) is 0 Å². The molecule has 2 atom stereocenters. The summed E-state index contributed by atoms with van der Waals surface area (Å²) in [6.07, 6.45) is 11.4. The van der Waals surface area contributed by atoms with E-state index in [9.17, 15) is 0 Å². The Hall–Kier alpha value is -2.36. The zero-order valence-corrected chi connectivity index (χ0v) is 17.4. The highest BCUT2D eigenvalue weighted by Gasteiger charge is 2.54. The number of hydrogen-bond donors (Lipinski definition) is 0. The van der Waals surface area contributed by atoms with Crippen LogP contribution >= 0.6 is 0 Å². The van der Waals surface area contributed by atoms with E-state index in [2.05, 4.69) is 94.5 Å². The largest absolute Gasteiger partial charge is 0.491 e. The molecule has 0 bridgehead atoms. The molecule has 0 aromatic heterocycles.